The second-order valence-electron chi connectivity index (χ2n) is 12.5. The number of fused-ring (bicyclic) bond motifs is 9. The van der Waals surface area contributed by atoms with E-state index in [1.807, 2.05) is 6.07 Å². The Morgan fingerprint density at radius 1 is 0.333 bits per heavy atom. The number of hydrogen-bond acceptors (Lipinski definition) is 2. The maximum atomic E-state index is 6.46. The van der Waals surface area contributed by atoms with E-state index in [0.29, 0.717) is 0 Å². The van der Waals surface area contributed by atoms with Crippen molar-refractivity contribution >= 4 is 82.1 Å². The molecule has 48 heavy (non-hydrogen) atoms. The van der Waals surface area contributed by atoms with Crippen LogP contribution in [-0.2, 0) is 0 Å². The van der Waals surface area contributed by atoms with Gasteiger partial charge in [-0.25, -0.2) is 0 Å². The maximum absolute atomic E-state index is 6.46. The molecule has 0 atom stereocenters. The highest BCUT2D eigenvalue weighted by molar-refractivity contribution is 6.25. The highest BCUT2D eigenvalue weighted by atomic mass is 16.3. The van der Waals surface area contributed by atoms with Crippen LogP contribution < -0.4 is 4.90 Å². The van der Waals surface area contributed by atoms with Gasteiger partial charge in [-0.1, -0.05) is 140 Å². The summed E-state index contributed by atoms with van der Waals surface area (Å²) in [5.41, 5.74) is 7.49. The third kappa shape index (κ3) is 4.06. The summed E-state index contributed by atoms with van der Waals surface area (Å²) in [6.45, 7) is 0. The van der Waals surface area contributed by atoms with Gasteiger partial charge in [0.25, 0.3) is 0 Å². The normalized spacial score (nSPS) is 11.8. The topological polar surface area (TPSA) is 16.4 Å². The fourth-order valence-corrected chi connectivity index (χ4v) is 7.64. The van der Waals surface area contributed by atoms with Crippen LogP contribution in [0.4, 0.5) is 17.1 Å². The summed E-state index contributed by atoms with van der Waals surface area (Å²) in [4.78, 5) is 2.47. The molecule has 0 unspecified atom stereocenters. The lowest BCUT2D eigenvalue weighted by Gasteiger charge is -2.30. The molecule has 1 aromatic heterocycles. The molecule has 2 nitrogen and oxygen atoms in total. The van der Waals surface area contributed by atoms with E-state index in [2.05, 4.69) is 175 Å². The van der Waals surface area contributed by atoms with E-state index < -0.39 is 0 Å². The van der Waals surface area contributed by atoms with Crippen LogP contribution in [0.2, 0.25) is 0 Å². The summed E-state index contributed by atoms with van der Waals surface area (Å²) in [5, 5.41) is 12.0. The number of nitrogens with zero attached hydrogens (tertiary/aromatic N) is 1. The Morgan fingerprint density at radius 3 is 1.83 bits per heavy atom. The van der Waals surface area contributed by atoms with Crippen LogP contribution in [0.3, 0.4) is 0 Å². The van der Waals surface area contributed by atoms with E-state index in [1.54, 1.807) is 0 Å². The molecule has 0 fully saturated rings. The zero-order valence-electron chi connectivity index (χ0n) is 26.1. The molecule has 0 spiro atoms. The molecule has 0 aliphatic rings. The minimum absolute atomic E-state index is 0.891. The van der Waals surface area contributed by atoms with Crippen molar-refractivity contribution < 1.29 is 4.42 Å². The number of furan rings is 1. The van der Waals surface area contributed by atoms with Crippen LogP contribution in [0, 0.1) is 0 Å². The van der Waals surface area contributed by atoms with Crippen LogP contribution in [0.5, 0.6) is 0 Å². The maximum Gasteiger partial charge on any atom is 0.136 e. The van der Waals surface area contributed by atoms with Gasteiger partial charge in [-0.15, -0.1) is 0 Å². The Kier molecular flexibility index (Phi) is 5.91. The molecule has 9 aromatic carbocycles. The highest BCUT2D eigenvalue weighted by Crippen LogP contribution is 2.48. The number of rotatable bonds is 4. The summed E-state index contributed by atoms with van der Waals surface area (Å²) in [5.74, 6) is 0. The van der Waals surface area contributed by atoms with E-state index >= 15 is 0 Å². The molecule has 10 rings (SSSR count). The van der Waals surface area contributed by atoms with Gasteiger partial charge >= 0.3 is 0 Å². The molecule has 1 heterocycles. The predicted octanol–water partition coefficient (Wildman–Crippen LogP) is 13.3. The molecule has 0 saturated heterocycles. The molecule has 0 radical (unpaired) electrons. The van der Waals surface area contributed by atoms with Gasteiger partial charge < -0.3 is 9.32 Å². The molecule has 224 valence electrons. The van der Waals surface area contributed by atoms with Crippen molar-refractivity contribution in [3.05, 3.63) is 176 Å². The number of benzene rings is 9. The molecule has 0 bridgehead atoms. The summed E-state index contributed by atoms with van der Waals surface area (Å²) < 4.78 is 6.46. The van der Waals surface area contributed by atoms with Crippen molar-refractivity contribution in [3.63, 3.8) is 0 Å². The summed E-state index contributed by atoms with van der Waals surface area (Å²) in [6.07, 6.45) is 0. The van der Waals surface area contributed by atoms with Gasteiger partial charge in [0.15, 0.2) is 0 Å². The monoisotopic (exact) mass is 611 g/mol. The molecule has 10 aromatic rings. The first-order chi connectivity index (χ1) is 23.8. The van der Waals surface area contributed by atoms with E-state index in [1.165, 1.54) is 48.8 Å². The summed E-state index contributed by atoms with van der Waals surface area (Å²) in [7, 11) is 0. The van der Waals surface area contributed by atoms with Crippen molar-refractivity contribution in [1.29, 1.82) is 0 Å². The van der Waals surface area contributed by atoms with Gasteiger partial charge in [0.1, 0.15) is 11.2 Å². The molecule has 0 aliphatic carbocycles. The first-order valence-corrected chi connectivity index (χ1v) is 16.4. The van der Waals surface area contributed by atoms with Gasteiger partial charge in [0.2, 0.25) is 0 Å². The zero-order chi connectivity index (χ0) is 31.6. The Bertz CT molecular complexity index is 2840. The largest absolute Gasteiger partial charge is 0.456 e. The Hall–Kier alpha value is -6.38. The smallest absolute Gasteiger partial charge is 0.136 e. The van der Waals surface area contributed by atoms with Crippen LogP contribution in [0.25, 0.3) is 76.2 Å². The van der Waals surface area contributed by atoms with E-state index in [0.717, 1.165) is 44.4 Å². The molecule has 0 N–H and O–H groups in total. The average molecular weight is 612 g/mol. The van der Waals surface area contributed by atoms with E-state index in [9.17, 15) is 0 Å². The molecule has 0 aliphatic heterocycles. The van der Waals surface area contributed by atoms with Crippen LogP contribution in [-0.4, -0.2) is 0 Å². The van der Waals surface area contributed by atoms with E-state index in [-0.39, 0.29) is 0 Å². The van der Waals surface area contributed by atoms with Gasteiger partial charge in [0, 0.05) is 27.1 Å². The lowest BCUT2D eigenvalue weighted by molar-refractivity contribution is 0.669. The Morgan fingerprint density at radius 2 is 0.958 bits per heavy atom. The lowest BCUT2D eigenvalue weighted by Crippen LogP contribution is -2.12. The zero-order valence-corrected chi connectivity index (χ0v) is 26.1. The molecule has 0 amide bonds. The van der Waals surface area contributed by atoms with Crippen molar-refractivity contribution in [3.8, 4) is 11.1 Å². The number of anilines is 3. The minimum atomic E-state index is 0.891. The highest BCUT2D eigenvalue weighted by Gasteiger charge is 2.23. The Labute approximate surface area is 277 Å². The van der Waals surface area contributed by atoms with Crippen molar-refractivity contribution in [2.24, 2.45) is 0 Å². The van der Waals surface area contributed by atoms with Crippen molar-refractivity contribution in [2.45, 2.75) is 0 Å². The molecular formula is C46H29NO. The second-order valence-corrected chi connectivity index (χ2v) is 12.5. The van der Waals surface area contributed by atoms with E-state index in [4.69, 9.17) is 4.42 Å². The summed E-state index contributed by atoms with van der Waals surface area (Å²) >= 11 is 0. The minimum Gasteiger partial charge on any atom is -0.456 e. The molecule has 2 heteroatoms. The van der Waals surface area contributed by atoms with Gasteiger partial charge in [-0.05, 0) is 74.3 Å². The Balaban J connectivity index is 1.36. The summed E-state index contributed by atoms with van der Waals surface area (Å²) in [6, 6.07) is 63.4. The molecule has 0 saturated carbocycles. The van der Waals surface area contributed by atoms with Gasteiger partial charge in [-0.2, -0.15) is 0 Å². The van der Waals surface area contributed by atoms with Crippen LogP contribution >= 0.6 is 0 Å². The van der Waals surface area contributed by atoms with Gasteiger partial charge in [0.05, 0.1) is 17.1 Å². The number of para-hydroxylation sites is 2. The number of hydrogen-bond donors (Lipinski definition) is 0. The first-order valence-electron chi connectivity index (χ1n) is 16.4. The standard InChI is InChI=1S/C46H29NO/c1-2-12-30(13-3-1)35-17-6-8-20-40(35)47(41-21-11-16-34-28-39-37-19-7-9-23-43(37)48-44(39)29-38(34)41)42-22-10-15-32-26-27-33-25-24-31-14-4-5-18-36(31)45(33)46(32)42/h1-29H. The van der Waals surface area contributed by atoms with Crippen LogP contribution in [0.1, 0.15) is 0 Å². The fourth-order valence-electron chi connectivity index (χ4n) is 7.64. The van der Waals surface area contributed by atoms with Crippen LogP contribution in [0.15, 0.2) is 180 Å². The van der Waals surface area contributed by atoms with Crippen molar-refractivity contribution in [1.82, 2.24) is 0 Å². The average Bonchev–Trinajstić information content (AvgIpc) is 3.52. The SMILES string of the molecule is c1ccc(-c2ccccc2N(c2cccc3cc4c(cc23)oc2ccccc24)c2cccc3ccc4ccc5ccccc5c4c23)cc1. The third-order valence-electron chi connectivity index (χ3n) is 9.79. The fraction of sp³-hybridized carbons (Fsp3) is 0. The third-order valence-corrected chi connectivity index (χ3v) is 9.79. The quantitative estimate of drug-likeness (QED) is 0.184. The first kappa shape index (κ1) is 26.8. The lowest BCUT2D eigenvalue weighted by atomic mass is 9.94. The predicted molar refractivity (Wildman–Crippen MR) is 204 cm³/mol. The van der Waals surface area contributed by atoms with Gasteiger partial charge in [-0.3, -0.25) is 0 Å². The molecular weight excluding hydrogens is 583 g/mol. The second kappa shape index (κ2) is 10.6. The van der Waals surface area contributed by atoms with Crippen molar-refractivity contribution in [2.75, 3.05) is 4.90 Å².